The number of fused-ring (bicyclic) bond motifs is 9. The molecule has 0 aliphatic carbocycles. The van der Waals surface area contributed by atoms with Crippen LogP contribution in [0, 0.1) is 0 Å². The van der Waals surface area contributed by atoms with E-state index in [1.165, 1.54) is 55.2 Å². The predicted molar refractivity (Wildman–Crippen MR) is 254 cm³/mol. The second-order valence-electron chi connectivity index (χ2n) is 17.0. The minimum absolute atomic E-state index is 0.0623. The zero-order chi connectivity index (χ0) is 39.6. The normalized spacial score (nSPS) is 17.0. The largest absolute Gasteiger partial charge is 0.341 e. The molecule has 0 amide bonds. The lowest BCUT2D eigenvalue weighted by Crippen LogP contribution is -2.74. The molecule has 1 atom stereocenters. The molecular formula is C53H41B2N2OP. The molecule has 0 bridgehead atoms. The van der Waals surface area contributed by atoms with Gasteiger partial charge in [-0.1, -0.05) is 192 Å². The van der Waals surface area contributed by atoms with Gasteiger partial charge in [-0.2, -0.15) is 0 Å². The molecule has 3 aliphatic heterocycles. The molecule has 280 valence electrons. The summed E-state index contributed by atoms with van der Waals surface area (Å²) in [7, 11) is -3.25. The molecule has 12 rings (SSSR count). The van der Waals surface area contributed by atoms with E-state index < -0.39 is 7.14 Å². The van der Waals surface area contributed by atoms with Crippen molar-refractivity contribution < 1.29 is 4.57 Å². The zero-order valence-electron chi connectivity index (χ0n) is 33.4. The van der Waals surface area contributed by atoms with Gasteiger partial charge in [-0.05, 0) is 54.4 Å². The Hall–Kier alpha value is -6.28. The summed E-state index contributed by atoms with van der Waals surface area (Å²) >= 11 is 0. The number of nitrogens with zero attached hydrogens (tertiary/aromatic N) is 2. The van der Waals surface area contributed by atoms with Gasteiger partial charge < -0.3 is 14.0 Å². The second kappa shape index (κ2) is 12.6. The van der Waals surface area contributed by atoms with E-state index in [1.807, 2.05) is 0 Å². The molecule has 0 spiro atoms. The number of anilines is 3. The lowest BCUT2D eigenvalue weighted by Gasteiger charge is -2.42. The third-order valence-corrected chi connectivity index (χ3v) is 17.1. The summed E-state index contributed by atoms with van der Waals surface area (Å²) < 4.78 is 18.9. The molecular weight excluding hydrogens is 733 g/mol. The number of hydrogen-bond acceptors (Lipinski definition) is 2. The van der Waals surface area contributed by atoms with Crippen molar-refractivity contribution in [1.29, 1.82) is 0 Å². The van der Waals surface area contributed by atoms with Gasteiger partial charge >= 0.3 is 0 Å². The molecule has 0 radical (unpaired) electrons. The molecule has 6 heteroatoms. The Balaban J connectivity index is 1.05. The van der Waals surface area contributed by atoms with Gasteiger partial charge in [0.1, 0.15) is 0 Å². The van der Waals surface area contributed by atoms with Gasteiger partial charge in [0.15, 0.2) is 7.14 Å². The van der Waals surface area contributed by atoms with E-state index in [0.717, 1.165) is 50.0 Å². The van der Waals surface area contributed by atoms with Gasteiger partial charge in [-0.15, -0.1) is 0 Å². The number of aromatic nitrogens is 1. The average molecular weight is 775 g/mol. The molecule has 59 heavy (non-hydrogen) atoms. The van der Waals surface area contributed by atoms with Crippen molar-refractivity contribution in [1.82, 2.24) is 4.57 Å². The maximum absolute atomic E-state index is 16.5. The Morgan fingerprint density at radius 2 is 1.02 bits per heavy atom. The molecule has 9 aromatic rings. The monoisotopic (exact) mass is 774 g/mol. The SMILES string of the molecule is CCn1c2ccccc2c2ccc(B3c4ccccc4P4(=O)c5ccccc5B(c5ccc(N6c7ccccc7C(C)(C)c7ccccc76)cc5)c5cccc3c54)cc21. The molecule has 0 saturated heterocycles. The number of aryl methyl sites for hydroxylation is 1. The quantitative estimate of drug-likeness (QED) is 0.140. The minimum Gasteiger partial charge on any atom is -0.341 e. The highest BCUT2D eigenvalue weighted by Gasteiger charge is 2.50. The van der Waals surface area contributed by atoms with Crippen molar-refractivity contribution in [3.05, 3.63) is 193 Å². The van der Waals surface area contributed by atoms with Crippen LogP contribution in [0.3, 0.4) is 0 Å². The molecule has 0 fully saturated rings. The van der Waals surface area contributed by atoms with E-state index in [4.69, 9.17) is 0 Å². The van der Waals surface area contributed by atoms with E-state index in [-0.39, 0.29) is 18.8 Å². The smallest absolute Gasteiger partial charge is 0.243 e. The summed E-state index contributed by atoms with van der Waals surface area (Å²) in [5, 5.41) is 5.50. The fourth-order valence-electron chi connectivity index (χ4n) is 11.2. The highest BCUT2D eigenvalue weighted by molar-refractivity contribution is 7.88. The van der Waals surface area contributed by atoms with Gasteiger partial charge in [0, 0.05) is 55.4 Å². The van der Waals surface area contributed by atoms with Gasteiger partial charge in [-0.3, -0.25) is 0 Å². The summed E-state index contributed by atoms with van der Waals surface area (Å²) in [4.78, 5) is 2.42. The molecule has 3 aliphatic rings. The first-order valence-corrected chi connectivity index (χ1v) is 22.6. The molecule has 8 aromatic carbocycles. The molecule has 1 aromatic heterocycles. The highest BCUT2D eigenvalue weighted by atomic mass is 31.2. The maximum Gasteiger partial charge on any atom is 0.243 e. The van der Waals surface area contributed by atoms with E-state index in [2.05, 4.69) is 212 Å². The Morgan fingerprint density at radius 3 is 1.66 bits per heavy atom. The molecule has 4 heterocycles. The van der Waals surface area contributed by atoms with Crippen molar-refractivity contribution >= 4 is 108 Å². The van der Waals surface area contributed by atoms with Gasteiger partial charge in [0.25, 0.3) is 0 Å². The summed E-state index contributed by atoms with van der Waals surface area (Å²) in [6.07, 6.45) is 0. The fourth-order valence-corrected chi connectivity index (χ4v) is 14.8. The van der Waals surface area contributed by atoms with Crippen molar-refractivity contribution in [3.8, 4) is 0 Å². The van der Waals surface area contributed by atoms with Crippen molar-refractivity contribution in [2.24, 2.45) is 0 Å². The number of benzene rings is 8. The van der Waals surface area contributed by atoms with Crippen LogP contribution in [0.15, 0.2) is 182 Å². The van der Waals surface area contributed by atoms with E-state index in [0.29, 0.717) is 0 Å². The summed E-state index contributed by atoms with van der Waals surface area (Å²) in [5.41, 5.74) is 15.6. The molecule has 0 N–H and O–H groups in total. The van der Waals surface area contributed by atoms with Crippen LogP contribution in [0.5, 0.6) is 0 Å². The predicted octanol–water partition coefficient (Wildman–Crippen LogP) is 7.22. The van der Waals surface area contributed by atoms with Crippen molar-refractivity contribution in [2.75, 3.05) is 4.90 Å². The van der Waals surface area contributed by atoms with E-state index >= 15 is 4.57 Å². The average Bonchev–Trinajstić information content (AvgIpc) is 3.60. The topological polar surface area (TPSA) is 25.2 Å². The fraction of sp³-hybridized carbons (Fsp3) is 0.0943. The van der Waals surface area contributed by atoms with Crippen LogP contribution < -0.4 is 53.6 Å². The van der Waals surface area contributed by atoms with Gasteiger partial charge in [0.2, 0.25) is 13.4 Å². The Kier molecular flexibility index (Phi) is 7.42. The van der Waals surface area contributed by atoms with Crippen LogP contribution in [0.1, 0.15) is 31.9 Å². The van der Waals surface area contributed by atoms with Gasteiger partial charge in [0.05, 0.1) is 11.4 Å². The first-order valence-electron chi connectivity index (χ1n) is 20.9. The van der Waals surface area contributed by atoms with E-state index in [9.17, 15) is 0 Å². The summed E-state index contributed by atoms with van der Waals surface area (Å²) in [6, 6.07) is 66.4. The first-order chi connectivity index (χ1) is 28.9. The van der Waals surface area contributed by atoms with Gasteiger partial charge in [-0.25, -0.2) is 0 Å². The van der Waals surface area contributed by atoms with Crippen LogP contribution in [0.2, 0.25) is 0 Å². The molecule has 1 unspecified atom stereocenters. The van der Waals surface area contributed by atoms with E-state index in [1.54, 1.807) is 0 Å². The second-order valence-corrected chi connectivity index (χ2v) is 19.6. The molecule has 3 nitrogen and oxygen atoms in total. The lowest BCUT2D eigenvalue weighted by atomic mass is 9.33. The Morgan fingerprint density at radius 1 is 0.508 bits per heavy atom. The summed E-state index contributed by atoms with van der Waals surface area (Å²) in [6.45, 7) is 7.64. The molecule has 0 saturated carbocycles. The third-order valence-electron chi connectivity index (χ3n) is 13.8. The van der Waals surface area contributed by atoms with Crippen molar-refractivity contribution in [3.63, 3.8) is 0 Å². The number of rotatable bonds is 4. The van der Waals surface area contributed by atoms with Crippen LogP contribution in [-0.4, -0.2) is 18.0 Å². The number of para-hydroxylation sites is 3. The maximum atomic E-state index is 16.5. The van der Waals surface area contributed by atoms with Crippen molar-refractivity contribution in [2.45, 2.75) is 32.7 Å². The summed E-state index contributed by atoms with van der Waals surface area (Å²) in [5.74, 6) is 0. The van der Waals surface area contributed by atoms with Crippen LogP contribution >= 0.6 is 7.14 Å². The minimum atomic E-state index is -3.25. The number of hydrogen-bond donors (Lipinski definition) is 0. The Labute approximate surface area is 346 Å². The highest BCUT2D eigenvalue weighted by Crippen LogP contribution is 2.51. The van der Waals surface area contributed by atoms with Crippen LogP contribution in [-0.2, 0) is 16.5 Å². The van der Waals surface area contributed by atoms with Crippen LogP contribution in [0.25, 0.3) is 21.8 Å². The van der Waals surface area contributed by atoms with Crippen LogP contribution in [0.4, 0.5) is 17.1 Å². The third kappa shape index (κ3) is 4.66. The Bertz CT molecular complexity index is 3210. The lowest BCUT2D eigenvalue weighted by molar-refractivity contribution is 0.592. The zero-order valence-corrected chi connectivity index (χ0v) is 34.3. The first kappa shape index (κ1) is 34.7. The standard InChI is InChI=1S/C53H41B2N2OP/c1-4-56-46-23-10-5-16-38(46)39-33-30-36(34-49(39)56)55-43-20-9-14-27-51(43)59(58)50-26-13-8-19-42(50)54(44-21-15-22-45(55)52(44)59)35-28-31-37(32-29-35)57-47-24-11-6-17-40(47)53(2,3)41-18-7-12-25-48(41)57/h5-34H,4H2,1-3H3.